The minimum atomic E-state index is -4.93. The van der Waals surface area contributed by atoms with Crippen LogP contribution in [0.4, 0.5) is 26.3 Å². The normalized spacial score (nSPS) is 11.7. The zero-order chi connectivity index (χ0) is 15.6. The molecule has 0 aliphatic rings. The molecule has 0 heterocycles. The maximum absolute atomic E-state index is 12.5. The molecule has 0 radical (unpaired) electrons. The maximum Gasteiger partial charge on any atom is 0.416 e. The van der Waals surface area contributed by atoms with E-state index in [1.807, 2.05) is 0 Å². The highest BCUT2D eigenvalue weighted by atomic mass is 19.4. The third-order valence-corrected chi connectivity index (χ3v) is 2.08. The molecule has 20 heavy (non-hydrogen) atoms. The highest BCUT2D eigenvalue weighted by Crippen LogP contribution is 2.36. The van der Waals surface area contributed by atoms with Crippen LogP contribution in [0.5, 0.6) is 0 Å². The smallest absolute Gasteiger partial charge is 0.369 e. The quantitative estimate of drug-likeness (QED) is 0.628. The minimum Gasteiger partial charge on any atom is -0.369 e. The van der Waals surface area contributed by atoms with Crippen LogP contribution in [0.25, 0.3) is 0 Å². The van der Waals surface area contributed by atoms with Crippen molar-refractivity contribution in [3.63, 3.8) is 0 Å². The van der Waals surface area contributed by atoms with Crippen molar-refractivity contribution in [3.8, 4) is 11.8 Å². The Hall–Kier alpha value is -2.17. The molecule has 2 nitrogen and oxygen atoms in total. The van der Waals surface area contributed by atoms with Crippen molar-refractivity contribution < 1.29 is 31.1 Å². The van der Waals surface area contributed by atoms with Crippen molar-refractivity contribution in [1.82, 2.24) is 0 Å². The van der Waals surface area contributed by atoms with Crippen LogP contribution in [-0.2, 0) is 17.1 Å². The van der Waals surface area contributed by atoms with Crippen molar-refractivity contribution in [3.05, 3.63) is 34.9 Å². The Balaban J connectivity index is 3.30. The molecule has 0 bridgehead atoms. The number of alkyl halides is 6. The van der Waals surface area contributed by atoms with Gasteiger partial charge in [-0.1, -0.05) is 11.8 Å². The van der Waals surface area contributed by atoms with Gasteiger partial charge in [0.1, 0.15) is 0 Å². The van der Waals surface area contributed by atoms with E-state index in [4.69, 9.17) is 5.73 Å². The number of halogens is 6. The lowest BCUT2D eigenvalue weighted by molar-refractivity contribution is -0.143. The van der Waals surface area contributed by atoms with E-state index in [0.717, 1.165) is 0 Å². The van der Waals surface area contributed by atoms with E-state index in [9.17, 15) is 31.1 Å². The first kappa shape index (κ1) is 15.9. The Morgan fingerprint density at radius 1 is 1.00 bits per heavy atom. The first-order chi connectivity index (χ1) is 9.00. The van der Waals surface area contributed by atoms with E-state index >= 15 is 0 Å². The first-order valence-corrected chi connectivity index (χ1v) is 5.07. The minimum absolute atomic E-state index is 0.000730. The van der Waals surface area contributed by atoms with Gasteiger partial charge in [0, 0.05) is 5.56 Å². The zero-order valence-electron chi connectivity index (χ0n) is 9.69. The fraction of sp³-hybridized carbons (Fsp3) is 0.250. The summed E-state index contributed by atoms with van der Waals surface area (Å²) >= 11 is 0. The number of rotatable bonds is 1. The van der Waals surface area contributed by atoms with E-state index < -0.39 is 41.4 Å². The van der Waals surface area contributed by atoms with Gasteiger partial charge in [-0.3, -0.25) is 4.79 Å². The van der Waals surface area contributed by atoms with E-state index in [2.05, 4.69) is 11.8 Å². The molecule has 0 aromatic heterocycles. The van der Waals surface area contributed by atoms with Gasteiger partial charge in [0.25, 0.3) is 0 Å². The van der Waals surface area contributed by atoms with E-state index in [1.165, 1.54) is 0 Å². The summed E-state index contributed by atoms with van der Waals surface area (Å²) in [5.41, 5.74) is 1.34. The molecule has 0 fully saturated rings. The molecule has 0 aliphatic carbocycles. The number of primary amides is 1. The summed E-state index contributed by atoms with van der Waals surface area (Å²) < 4.78 is 75.0. The summed E-state index contributed by atoms with van der Waals surface area (Å²) in [7, 11) is 0. The molecule has 1 amide bonds. The highest BCUT2D eigenvalue weighted by Gasteiger charge is 2.36. The lowest BCUT2D eigenvalue weighted by Gasteiger charge is -2.12. The molecule has 0 atom stereocenters. The van der Waals surface area contributed by atoms with Gasteiger partial charge in [-0.2, -0.15) is 26.3 Å². The summed E-state index contributed by atoms with van der Waals surface area (Å²) in [4.78, 5) is 10.4. The first-order valence-electron chi connectivity index (χ1n) is 5.07. The predicted molar refractivity (Wildman–Crippen MR) is 57.1 cm³/mol. The molecule has 0 spiro atoms. The van der Waals surface area contributed by atoms with Gasteiger partial charge in [0.2, 0.25) is 5.91 Å². The number of carbonyl (C=O) groups excluding carboxylic acids is 1. The third kappa shape index (κ3) is 4.50. The Bertz CT molecular complexity index is 544. The number of hydrogen-bond acceptors (Lipinski definition) is 1. The monoisotopic (exact) mass is 295 g/mol. The van der Waals surface area contributed by atoms with Crippen LogP contribution in [-0.4, -0.2) is 5.91 Å². The summed E-state index contributed by atoms with van der Waals surface area (Å²) in [6.45, 7) is 0. The van der Waals surface area contributed by atoms with E-state index in [-0.39, 0.29) is 6.07 Å². The molecule has 108 valence electrons. The Morgan fingerprint density at radius 2 is 1.45 bits per heavy atom. The van der Waals surface area contributed by atoms with Crippen molar-refractivity contribution in [2.75, 3.05) is 0 Å². The number of amides is 1. The second kappa shape index (κ2) is 5.45. The zero-order valence-corrected chi connectivity index (χ0v) is 9.69. The van der Waals surface area contributed by atoms with Crippen LogP contribution < -0.4 is 5.73 Å². The molecule has 8 heteroatoms. The van der Waals surface area contributed by atoms with Gasteiger partial charge < -0.3 is 5.73 Å². The molecule has 1 aromatic carbocycles. The Kier molecular flexibility index (Phi) is 4.33. The average molecular weight is 295 g/mol. The molecular weight excluding hydrogens is 288 g/mol. The van der Waals surface area contributed by atoms with Gasteiger partial charge in [-0.15, -0.1) is 0 Å². The fourth-order valence-electron chi connectivity index (χ4n) is 1.26. The predicted octanol–water partition coefficient (Wildman–Crippen LogP) is 2.95. The largest absolute Gasteiger partial charge is 0.416 e. The van der Waals surface area contributed by atoms with Crippen molar-refractivity contribution >= 4 is 5.91 Å². The highest BCUT2D eigenvalue weighted by molar-refractivity contribution is 5.76. The van der Waals surface area contributed by atoms with Crippen LogP contribution in [0.15, 0.2) is 18.2 Å². The van der Waals surface area contributed by atoms with Gasteiger partial charge in [-0.05, 0) is 18.2 Å². The van der Waals surface area contributed by atoms with Gasteiger partial charge in [-0.25, -0.2) is 0 Å². The average Bonchev–Trinajstić information content (AvgIpc) is 2.25. The lowest BCUT2D eigenvalue weighted by atomic mass is 10.0. The number of carbonyl (C=O) groups is 1. The number of benzene rings is 1. The molecule has 0 aliphatic heterocycles. The summed E-state index contributed by atoms with van der Waals surface area (Å²) in [6, 6.07) is 0.950. The van der Waals surface area contributed by atoms with Crippen LogP contribution >= 0.6 is 0 Å². The van der Waals surface area contributed by atoms with Crippen LogP contribution in [0.3, 0.4) is 0 Å². The molecule has 0 saturated heterocycles. The molecule has 2 N–H and O–H groups in total. The topological polar surface area (TPSA) is 43.1 Å². The van der Waals surface area contributed by atoms with Crippen molar-refractivity contribution in [1.29, 1.82) is 0 Å². The summed E-state index contributed by atoms with van der Waals surface area (Å²) in [5.74, 6) is 3.32. The second-order valence-corrected chi connectivity index (χ2v) is 3.74. The van der Waals surface area contributed by atoms with Crippen molar-refractivity contribution in [2.24, 2.45) is 5.73 Å². The second-order valence-electron chi connectivity index (χ2n) is 3.74. The standard InChI is InChI=1S/C12H7F6NO/c13-11(14,15)8-4-7(2-1-3-10(19)20)5-9(6-8)12(16,17)18/h4-6H,3H2,(H2,19,20). The molecule has 1 rings (SSSR count). The SMILES string of the molecule is NC(=O)CC#Cc1cc(C(F)(F)F)cc(C(F)(F)F)c1. The molecule has 0 unspecified atom stereocenters. The lowest BCUT2D eigenvalue weighted by Crippen LogP contribution is -2.11. The van der Waals surface area contributed by atoms with Gasteiger partial charge in [0.05, 0.1) is 17.5 Å². The van der Waals surface area contributed by atoms with Gasteiger partial charge >= 0.3 is 12.4 Å². The van der Waals surface area contributed by atoms with Crippen LogP contribution in [0.2, 0.25) is 0 Å². The van der Waals surface area contributed by atoms with Gasteiger partial charge in [0.15, 0.2) is 0 Å². The summed E-state index contributed by atoms with van der Waals surface area (Å²) in [5, 5.41) is 0. The fourth-order valence-corrected chi connectivity index (χ4v) is 1.26. The molecular formula is C12H7F6NO. The molecule has 0 saturated carbocycles. The Labute approximate surface area is 109 Å². The van der Waals surface area contributed by atoms with Crippen LogP contribution in [0.1, 0.15) is 23.1 Å². The third-order valence-electron chi connectivity index (χ3n) is 2.08. The number of hydrogen-bond donors (Lipinski definition) is 1. The van der Waals surface area contributed by atoms with Crippen molar-refractivity contribution in [2.45, 2.75) is 18.8 Å². The Morgan fingerprint density at radius 3 is 1.80 bits per heavy atom. The van der Waals surface area contributed by atoms with E-state index in [1.54, 1.807) is 0 Å². The molecule has 1 aromatic rings. The summed E-state index contributed by atoms with van der Waals surface area (Å²) in [6.07, 6.45) is -10.3. The van der Waals surface area contributed by atoms with E-state index in [0.29, 0.717) is 12.1 Å². The maximum atomic E-state index is 12.5. The number of nitrogens with two attached hydrogens (primary N) is 1. The van der Waals surface area contributed by atoms with Crippen LogP contribution in [0, 0.1) is 11.8 Å².